The average Bonchev–Trinajstić information content (AvgIpc) is 3.43. The molecule has 4 rings (SSSR count). The van der Waals surface area contributed by atoms with E-state index in [0.29, 0.717) is 42.5 Å². The van der Waals surface area contributed by atoms with Crippen LogP contribution >= 0.6 is 0 Å². The molecule has 27 heavy (non-hydrogen) atoms. The van der Waals surface area contributed by atoms with Crippen LogP contribution in [0.5, 0.6) is 0 Å². The normalized spacial score (nSPS) is 16.8. The zero-order valence-electron chi connectivity index (χ0n) is 15.0. The molecule has 2 aromatic heterocycles. The topological polar surface area (TPSA) is 77.0 Å². The lowest BCUT2D eigenvalue weighted by atomic mass is 10.1. The molecule has 140 valence electrons. The van der Waals surface area contributed by atoms with Gasteiger partial charge in [-0.2, -0.15) is 10.1 Å². The lowest BCUT2D eigenvalue weighted by Crippen LogP contribution is -2.29. The number of hydrogen-bond acceptors (Lipinski definition) is 5. The number of halogens is 1. The molecule has 3 heterocycles. The van der Waals surface area contributed by atoms with E-state index < -0.39 is 0 Å². The minimum Gasteiger partial charge on any atom is -0.337 e. The van der Waals surface area contributed by atoms with Gasteiger partial charge in [-0.15, -0.1) is 0 Å². The molecular weight excluding hydrogens is 349 g/mol. The van der Waals surface area contributed by atoms with Crippen LogP contribution in [0.25, 0.3) is 11.5 Å². The predicted molar refractivity (Wildman–Crippen MR) is 95.3 cm³/mol. The number of benzene rings is 1. The van der Waals surface area contributed by atoms with Crippen molar-refractivity contribution in [2.75, 3.05) is 13.1 Å². The van der Waals surface area contributed by atoms with Gasteiger partial charge in [0.25, 0.3) is 11.8 Å². The summed E-state index contributed by atoms with van der Waals surface area (Å²) in [5.41, 5.74) is 1.17. The van der Waals surface area contributed by atoms with Crippen molar-refractivity contribution >= 4 is 5.91 Å². The van der Waals surface area contributed by atoms with E-state index in [1.807, 2.05) is 18.0 Å². The third-order valence-electron chi connectivity index (χ3n) is 4.79. The molecule has 1 aromatic carbocycles. The number of aromatic nitrogens is 4. The standard InChI is InChI=1S/C19H20FN5O2/c1-2-25-10-8-16(22-25)19(26)24-9-7-13(12-24)11-17-21-18(27-23-17)14-3-5-15(20)6-4-14/h3-6,8,10,13H,2,7,9,11-12H2,1H3. The number of rotatable bonds is 5. The molecule has 1 unspecified atom stereocenters. The summed E-state index contributed by atoms with van der Waals surface area (Å²) < 4.78 is 20.0. The highest BCUT2D eigenvalue weighted by Crippen LogP contribution is 2.23. The smallest absolute Gasteiger partial charge is 0.274 e. The van der Waals surface area contributed by atoms with Gasteiger partial charge in [0.2, 0.25) is 0 Å². The maximum Gasteiger partial charge on any atom is 0.274 e. The van der Waals surface area contributed by atoms with Crippen LogP contribution in [0.2, 0.25) is 0 Å². The molecule has 1 aliphatic rings. The number of nitrogens with zero attached hydrogens (tertiary/aromatic N) is 5. The maximum atomic E-state index is 13.0. The van der Waals surface area contributed by atoms with E-state index in [1.165, 1.54) is 12.1 Å². The number of hydrogen-bond donors (Lipinski definition) is 0. The molecule has 0 spiro atoms. The van der Waals surface area contributed by atoms with E-state index in [9.17, 15) is 9.18 Å². The molecule has 1 atom stereocenters. The first kappa shape index (κ1) is 17.4. The highest BCUT2D eigenvalue weighted by atomic mass is 19.1. The lowest BCUT2D eigenvalue weighted by Gasteiger charge is -2.14. The van der Waals surface area contributed by atoms with E-state index in [-0.39, 0.29) is 17.6 Å². The third kappa shape index (κ3) is 3.74. The molecule has 0 saturated carbocycles. The van der Waals surface area contributed by atoms with Crippen LogP contribution in [0.3, 0.4) is 0 Å². The SMILES string of the molecule is CCn1ccc(C(=O)N2CCC(Cc3noc(-c4ccc(F)cc4)n3)C2)n1. The van der Waals surface area contributed by atoms with Gasteiger partial charge >= 0.3 is 0 Å². The molecule has 8 heteroatoms. The quantitative estimate of drug-likeness (QED) is 0.691. The summed E-state index contributed by atoms with van der Waals surface area (Å²) in [5.74, 6) is 0.911. The Kier molecular flexibility index (Phi) is 4.70. The Bertz CT molecular complexity index is 934. The van der Waals surface area contributed by atoms with Crippen molar-refractivity contribution in [3.05, 3.63) is 53.9 Å². The van der Waals surface area contributed by atoms with Crippen molar-refractivity contribution in [3.63, 3.8) is 0 Å². The highest BCUT2D eigenvalue weighted by Gasteiger charge is 2.29. The average molecular weight is 369 g/mol. The van der Waals surface area contributed by atoms with Gasteiger partial charge < -0.3 is 9.42 Å². The molecule has 7 nitrogen and oxygen atoms in total. The minimum atomic E-state index is -0.307. The van der Waals surface area contributed by atoms with E-state index >= 15 is 0 Å². The van der Waals surface area contributed by atoms with Crippen molar-refractivity contribution in [1.82, 2.24) is 24.8 Å². The van der Waals surface area contributed by atoms with E-state index in [1.54, 1.807) is 22.9 Å². The molecule has 1 aliphatic heterocycles. The summed E-state index contributed by atoms with van der Waals surface area (Å²) in [4.78, 5) is 18.8. The van der Waals surface area contributed by atoms with Crippen molar-refractivity contribution in [3.8, 4) is 11.5 Å². The van der Waals surface area contributed by atoms with Crippen molar-refractivity contribution in [2.45, 2.75) is 26.3 Å². The molecule has 3 aromatic rings. The Balaban J connectivity index is 1.37. The third-order valence-corrected chi connectivity index (χ3v) is 4.79. The van der Waals surface area contributed by atoms with E-state index in [0.717, 1.165) is 13.0 Å². The van der Waals surface area contributed by atoms with Crippen molar-refractivity contribution < 1.29 is 13.7 Å². The van der Waals surface area contributed by atoms with Gasteiger partial charge in [-0.1, -0.05) is 5.16 Å². The summed E-state index contributed by atoms with van der Waals surface area (Å²) in [7, 11) is 0. The predicted octanol–water partition coefficient (Wildman–Crippen LogP) is 2.80. The van der Waals surface area contributed by atoms with Crippen LogP contribution < -0.4 is 0 Å². The second-order valence-electron chi connectivity index (χ2n) is 6.69. The number of aryl methyl sites for hydroxylation is 1. The second-order valence-corrected chi connectivity index (χ2v) is 6.69. The van der Waals surface area contributed by atoms with Gasteiger partial charge in [0.05, 0.1) is 0 Å². The Morgan fingerprint density at radius 1 is 1.30 bits per heavy atom. The first-order valence-corrected chi connectivity index (χ1v) is 9.03. The summed E-state index contributed by atoms with van der Waals surface area (Å²) in [6, 6.07) is 7.70. The summed E-state index contributed by atoms with van der Waals surface area (Å²) in [6.07, 6.45) is 3.34. The zero-order valence-corrected chi connectivity index (χ0v) is 15.0. The molecule has 0 N–H and O–H groups in total. The van der Waals surface area contributed by atoms with Crippen LogP contribution in [0.1, 0.15) is 29.7 Å². The fraction of sp³-hybridized carbons (Fsp3) is 0.368. The minimum absolute atomic E-state index is 0.0372. The molecule has 0 bridgehead atoms. The van der Waals surface area contributed by atoms with Gasteiger partial charge in [-0.25, -0.2) is 4.39 Å². The Hall–Kier alpha value is -3.03. The van der Waals surface area contributed by atoms with Crippen LogP contribution in [0.15, 0.2) is 41.1 Å². The van der Waals surface area contributed by atoms with Crippen molar-refractivity contribution in [2.24, 2.45) is 5.92 Å². The fourth-order valence-corrected chi connectivity index (χ4v) is 3.30. The van der Waals surface area contributed by atoms with Gasteiger partial charge in [0.15, 0.2) is 5.82 Å². The van der Waals surface area contributed by atoms with Gasteiger partial charge in [0, 0.05) is 37.8 Å². The molecule has 0 aliphatic carbocycles. The Morgan fingerprint density at radius 3 is 2.85 bits per heavy atom. The van der Waals surface area contributed by atoms with Gasteiger partial charge in [-0.05, 0) is 49.6 Å². The number of likely N-dealkylation sites (tertiary alicyclic amines) is 1. The van der Waals surface area contributed by atoms with Crippen molar-refractivity contribution in [1.29, 1.82) is 0 Å². The molecule has 0 radical (unpaired) electrons. The molecule has 1 saturated heterocycles. The molecule has 1 amide bonds. The van der Waals surface area contributed by atoms with Crippen LogP contribution in [0.4, 0.5) is 4.39 Å². The zero-order chi connectivity index (χ0) is 18.8. The first-order valence-electron chi connectivity index (χ1n) is 9.03. The summed E-state index contributed by atoms with van der Waals surface area (Å²) in [6.45, 7) is 4.08. The maximum absolute atomic E-state index is 13.0. The van der Waals surface area contributed by atoms with Crippen LogP contribution in [0, 0.1) is 11.7 Å². The van der Waals surface area contributed by atoms with Gasteiger partial charge in [-0.3, -0.25) is 9.48 Å². The fourth-order valence-electron chi connectivity index (χ4n) is 3.30. The van der Waals surface area contributed by atoms with E-state index in [4.69, 9.17) is 4.52 Å². The van der Waals surface area contributed by atoms with E-state index in [2.05, 4.69) is 15.2 Å². The first-order chi connectivity index (χ1) is 13.1. The Labute approximate surface area is 155 Å². The molecular formula is C19H20FN5O2. The largest absolute Gasteiger partial charge is 0.337 e. The van der Waals surface area contributed by atoms with Crippen LogP contribution in [-0.4, -0.2) is 43.8 Å². The number of carbonyl (C=O) groups is 1. The molecule has 1 fully saturated rings. The van der Waals surface area contributed by atoms with Gasteiger partial charge in [0.1, 0.15) is 11.5 Å². The Morgan fingerprint density at radius 2 is 2.11 bits per heavy atom. The monoisotopic (exact) mass is 369 g/mol. The second kappa shape index (κ2) is 7.30. The summed E-state index contributed by atoms with van der Waals surface area (Å²) >= 11 is 0. The summed E-state index contributed by atoms with van der Waals surface area (Å²) in [5, 5.41) is 8.31. The highest BCUT2D eigenvalue weighted by molar-refractivity contribution is 5.92. The lowest BCUT2D eigenvalue weighted by molar-refractivity contribution is 0.0780. The number of amides is 1. The van der Waals surface area contributed by atoms with Crippen LogP contribution in [-0.2, 0) is 13.0 Å². The number of carbonyl (C=O) groups excluding carboxylic acids is 1.